The topological polar surface area (TPSA) is 78.5 Å². The summed E-state index contributed by atoms with van der Waals surface area (Å²) in [6, 6.07) is 7.57. The lowest BCUT2D eigenvalue weighted by Gasteiger charge is -2.02. The molecule has 0 spiro atoms. The van der Waals surface area contributed by atoms with Gasteiger partial charge in [-0.15, -0.1) is 5.10 Å². The van der Waals surface area contributed by atoms with Gasteiger partial charge >= 0.3 is 0 Å². The van der Waals surface area contributed by atoms with E-state index in [4.69, 9.17) is 0 Å². The second kappa shape index (κ2) is 5.04. The van der Waals surface area contributed by atoms with Crippen LogP contribution in [0.15, 0.2) is 36.8 Å². The van der Waals surface area contributed by atoms with Gasteiger partial charge in [0, 0.05) is 18.3 Å². The monoisotopic (exact) mass is 268 g/mol. The smallest absolute Gasteiger partial charge is 0.153 e. The van der Waals surface area contributed by atoms with Crippen molar-refractivity contribution in [3.8, 4) is 16.9 Å². The molecule has 0 radical (unpaired) electrons. The summed E-state index contributed by atoms with van der Waals surface area (Å²) in [5, 5.41) is 15.5. The SMILES string of the molecule is CCn1cc(C=O)c(-c2cccc(-n3cnnn3)c2)n1. The molecule has 100 valence electrons. The summed E-state index contributed by atoms with van der Waals surface area (Å²) in [5.41, 5.74) is 2.90. The van der Waals surface area contributed by atoms with E-state index in [1.807, 2.05) is 31.2 Å². The minimum absolute atomic E-state index is 0.570. The number of tetrazole rings is 1. The second-order valence-corrected chi connectivity index (χ2v) is 4.21. The molecule has 0 aliphatic rings. The maximum atomic E-state index is 11.2. The van der Waals surface area contributed by atoms with Crippen LogP contribution < -0.4 is 0 Å². The summed E-state index contributed by atoms with van der Waals surface area (Å²) < 4.78 is 3.30. The van der Waals surface area contributed by atoms with Gasteiger partial charge < -0.3 is 0 Å². The van der Waals surface area contributed by atoms with E-state index in [1.165, 1.54) is 6.33 Å². The average Bonchev–Trinajstić information content (AvgIpc) is 3.16. The van der Waals surface area contributed by atoms with E-state index in [9.17, 15) is 4.79 Å². The third-order valence-corrected chi connectivity index (χ3v) is 2.97. The molecule has 20 heavy (non-hydrogen) atoms. The molecule has 2 aromatic heterocycles. The number of carbonyl (C=O) groups is 1. The first-order valence-electron chi connectivity index (χ1n) is 6.18. The summed E-state index contributed by atoms with van der Waals surface area (Å²) in [7, 11) is 0. The predicted molar refractivity (Wildman–Crippen MR) is 71.4 cm³/mol. The number of benzene rings is 1. The van der Waals surface area contributed by atoms with Crippen LogP contribution in [0.2, 0.25) is 0 Å². The number of carbonyl (C=O) groups excluding carboxylic acids is 1. The van der Waals surface area contributed by atoms with Gasteiger partial charge in [0.2, 0.25) is 0 Å². The van der Waals surface area contributed by atoms with Crippen molar-refractivity contribution in [3.05, 3.63) is 42.4 Å². The Morgan fingerprint density at radius 1 is 1.35 bits per heavy atom. The zero-order chi connectivity index (χ0) is 13.9. The van der Waals surface area contributed by atoms with Crippen LogP contribution in [-0.2, 0) is 6.54 Å². The van der Waals surface area contributed by atoms with E-state index < -0.39 is 0 Å². The van der Waals surface area contributed by atoms with Crippen LogP contribution in [0.1, 0.15) is 17.3 Å². The summed E-state index contributed by atoms with van der Waals surface area (Å²) in [6.07, 6.45) is 4.08. The lowest BCUT2D eigenvalue weighted by molar-refractivity contribution is 0.112. The van der Waals surface area contributed by atoms with E-state index in [1.54, 1.807) is 15.6 Å². The molecule has 3 rings (SSSR count). The van der Waals surface area contributed by atoms with Gasteiger partial charge in [0.05, 0.1) is 11.3 Å². The van der Waals surface area contributed by atoms with Crippen molar-refractivity contribution in [2.45, 2.75) is 13.5 Å². The van der Waals surface area contributed by atoms with E-state index in [0.717, 1.165) is 17.5 Å². The molecule has 7 heteroatoms. The van der Waals surface area contributed by atoms with Crippen molar-refractivity contribution in [3.63, 3.8) is 0 Å². The number of aldehydes is 1. The lowest BCUT2D eigenvalue weighted by Crippen LogP contribution is -1.96. The van der Waals surface area contributed by atoms with Gasteiger partial charge in [0.25, 0.3) is 0 Å². The number of nitrogens with zero attached hydrogens (tertiary/aromatic N) is 6. The predicted octanol–water partition coefficient (Wildman–Crippen LogP) is 1.36. The first-order chi connectivity index (χ1) is 9.81. The Morgan fingerprint density at radius 3 is 2.95 bits per heavy atom. The van der Waals surface area contributed by atoms with Crippen LogP contribution in [0.3, 0.4) is 0 Å². The molecular formula is C13H12N6O. The quantitative estimate of drug-likeness (QED) is 0.667. The minimum Gasteiger partial charge on any atom is -0.298 e. The fourth-order valence-electron chi connectivity index (χ4n) is 1.98. The molecule has 0 unspecified atom stereocenters. The molecule has 0 saturated carbocycles. The van der Waals surface area contributed by atoms with Crippen LogP contribution in [-0.4, -0.2) is 36.3 Å². The molecular weight excluding hydrogens is 256 g/mol. The number of aromatic nitrogens is 6. The zero-order valence-corrected chi connectivity index (χ0v) is 10.8. The first-order valence-corrected chi connectivity index (χ1v) is 6.18. The summed E-state index contributed by atoms with van der Waals surface area (Å²) in [4.78, 5) is 11.2. The number of hydrogen-bond donors (Lipinski definition) is 0. The van der Waals surface area contributed by atoms with E-state index >= 15 is 0 Å². The standard InChI is InChI=1S/C13H12N6O/c1-2-18-7-11(8-20)13(15-18)10-4-3-5-12(6-10)19-9-14-16-17-19/h3-9H,2H2,1H3. The molecule has 3 aromatic rings. The Labute approximate surface area is 114 Å². The zero-order valence-electron chi connectivity index (χ0n) is 10.8. The van der Waals surface area contributed by atoms with Crippen molar-refractivity contribution in [1.29, 1.82) is 0 Å². The molecule has 0 fully saturated rings. The molecule has 7 nitrogen and oxygen atoms in total. The highest BCUT2D eigenvalue weighted by molar-refractivity contribution is 5.85. The molecule has 0 saturated heterocycles. The van der Waals surface area contributed by atoms with Crippen LogP contribution in [0.5, 0.6) is 0 Å². The van der Waals surface area contributed by atoms with Crippen molar-refractivity contribution in [2.75, 3.05) is 0 Å². The van der Waals surface area contributed by atoms with E-state index in [-0.39, 0.29) is 0 Å². The Balaban J connectivity index is 2.08. The highest BCUT2D eigenvalue weighted by atomic mass is 16.1. The summed E-state index contributed by atoms with van der Waals surface area (Å²) in [5.74, 6) is 0. The lowest BCUT2D eigenvalue weighted by atomic mass is 10.1. The molecule has 0 bridgehead atoms. The molecule has 0 N–H and O–H groups in total. The van der Waals surface area contributed by atoms with Crippen LogP contribution in [0, 0.1) is 0 Å². The Bertz CT molecular complexity index is 731. The van der Waals surface area contributed by atoms with Crippen molar-refractivity contribution in [2.24, 2.45) is 0 Å². The molecule has 2 heterocycles. The van der Waals surface area contributed by atoms with Gasteiger partial charge in [-0.05, 0) is 29.5 Å². The van der Waals surface area contributed by atoms with Crippen LogP contribution >= 0.6 is 0 Å². The first kappa shape index (κ1) is 12.2. The normalized spacial score (nSPS) is 10.7. The van der Waals surface area contributed by atoms with E-state index in [0.29, 0.717) is 17.8 Å². The second-order valence-electron chi connectivity index (χ2n) is 4.21. The molecule has 0 aliphatic carbocycles. The molecule has 0 amide bonds. The highest BCUT2D eigenvalue weighted by Crippen LogP contribution is 2.23. The van der Waals surface area contributed by atoms with Crippen molar-refractivity contribution >= 4 is 6.29 Å². The van der Waals surface area contributed by atoms with Gasteiger partial charge in [-0.3, -0.25) is 9.48 Å². The van der Waals surface area contributed by atoms with Gasteiger partial charge in [-0.2, -0.15) is 5.10 Å². The van der Waals surface area contributed by atoms with Crippen molar-refractivity contribution in [1.82, 2.24) is 30.0 Å². The molecule has 0 aliphatic heterocycles. The van der Waals surface area contributed by atoms with Gasteiger partial charge in [0.15, 0.2) is 6.29 Å². The third kappa shape index (κ3) is 2.09. The van der Waals surface area contributed by atoms with Crippen LogP contribution in [0.4, 0.5) is 0 Å². The van der Waals surface area contributed by atoms with Crippen molar-refractivity contribution < 1.29 is 4.79 Å². The largest absolute Gasteiger partial charge is 0.298 e. The summed E-state index contributed by atoms with van der Waals surface area (Å²) in [6.45, 7) is 2.69. The molecule has 1 aromatic carbocycles. The third-order valence-electron chi connectivity index (χ3n) is 2.97. The van der Waals surface area contributed by atoms with E-state index in [2.05, 4.69) is 20.6 Å². The highest BCUT2D eigenvalue weighted by Gasteiger charge is 2.11. The van der Waals surface area contributed by atoms with Gasteiger partial charge in [-0.25, -0.2) is 4.68 Å². The maximum Gasteiger partial charge on any atom is 0.153 e. The maximum absolute atomic E-state index is 11.2. The minimum atomic E-state index is 0.570. The Hall–Kier alpha value is -2.83. The summed E-state index contributed by atoms with van der Waals surface area (Å²) >= 11 is 0. The van der Waals surface area contributed by atoms with Gasteiger partial charge in [-0.1, -0.05) is 12.1 Å². The number of hydrogen-bond acceptors (Lipinski definition) is 5. The molecule has 0 atom stereocenters. The Kier molecular flexibility index (Phi) is 3.08. The fraction of sp³-hybridized carbons (Fsp3) is 0.154. The van der Waals surface area contributed by atoms with Gasteiger partial charge in [0.1, 0.15) is 12.0 Å². The number of aryl methyl sites for hydroxylation is 1. The fourth-order valence-corrected chi connectivity index (χ4v) is 1.98. The Morgan fingerprint density at radius 2 is 2.25 bits per heavy atom. The van der Waals surface area contributed by atoms with Crippen LogP contribution in [0.25, 0.3) is 16.9 Å². The average molecular weight is 268 g/mol. The number of rotatable bonds is 4.